The first-order valence-corrected chi connectivity index (χ1v) is 4.16. The van der Waals surface area contributed by atoms with E-state index in [9.17, 15) is 4.79 Å². The average molecular weight is 174 g/mol. The van der Waals surface area contributed by atoms with Crippen LogP contribution in [0.15, 0.2) is 0 Å². The standard InChI is InChI=1S/C8H18N2O2/c1-4-12-7(5-6-9)8(11)10(2)3/h7H,4-6,9H2,1-3H3/t7-/m0/s1. The monoisotopic (exact) mass is 174 g/mol. The van der Waals surface area contributed by atoms with Crippen LogP contribution in [-0.4, -0.2) is 44.2 Å². The molecule has 0 aliphatic carbocycles. The van der Waals surface area contributed by atoms with Gasteiger partial charge in [0.05, 0.1) is 0 Å². The van der Waals surface area contributed by atoms with E-state index in [0.717, 1.165) is 0 Å². The van der Waals surface area contributed by atoms with Crippen LogP contribution in [0.25, 0.3) is 0 Å². The molecule has 0 spiro atoms. The fraction of sp³-hybridized carbons (Fsp3) is 0.875. The first kappa shape index (κ1) is 11.4. The lowest BCUT2D eigenvalue weighted by Crippen LogP contribution is -2.36. The molecule has 1 atom stereocenters. The largest absolute Gasteiger partial charge is 0.369 e. The first-order valence-electron chi connectivity index (χ1n) is 4.16. The van der Waals surface area contributed by atoms with Crippen molar-refractivity contribution in [3.8, 4) is 0 Å². The van der Waals surface area contributed by atoms with Crippen molar-refractivity contribution < 1.29 is 9.53 Å². The van der Waals surface area contributed by atoms with Crippen molar-refractivity contribution in [2.45, 2.75) is 19.4 Å². The van der Waals surface area contributed by atoms with Gasteiger partial charge in [-0.05, 0) is 19.9 Å². The quantitative estimate of drug-likeness (QED) is 0.629. The van der Waals surface area contributed by atoms with Crippen LogP contribution in [0.5, 0.6) is 0 Å². The lowest BCUT2D eigenvalue weighted by atomic mass is 10.2. The zero-order chi connectivity index (χ0) is 9.56. The molecule has 0 aromatic rings. The van der Waals surface area contributed by atoms with Crippen LogP contribution in [0.2, 0.25) is 0 Å². The fourth-order valence-corrected chi connectivity index (χ4v) is 0.919. The van der Waals surface area contributed by atoms with Crippen LogP contribution >= 0.6 is 0 Å². The number of amides is 1. The molecule has 0 rings (SSSR count). The summed E-state index contributed by atoms with van der Waals surface area (Å²) >= 11 is 0. The van der Waals surface area contributed by atoms with Gasteiger partial charge in [0.25, 0.3) is 5.91 Å². The number of carbonyl (C=O) groups is 1. The smallest absolute Gasteiger partial charge is 0.251 e. The molecule has 72 valence electrons. The van der Waals surface area contributed by atoms with E-state index in [4.69, 9.17) is 10.5 Å². The number of likely N-dealkylation sites (N-methyl/N-ethyl adjacent to an activating group) is 1. The summed E-state index contributed by atoms with van der Waals surface area (Å²) in [6.07, 6.45) is 0.222. The molecule has 0 saturated carbocycles. The maximum Gasteiger partial charge on any atom is 0.251 e. The summed E-state index contributed by atoms with van der Waals surface area (Å²) in [5, 5.41) is 0. The van der Waals surface area contributed by atoms with Gasteiger partial charge in [-0.1, -0.05) is 0 Å². The summed E-state index contributed by atoms with van der Waals surface area (Å²) in [6, 6.07) is 0. The predicted molar refractivity (Wildman–Crippen MR) is 47.8 cm³/mol. The highest BCUT2D eigenvalue weighted by molar-refractivity contribution is 5.80. The predicted octanol–water partition coefficient (Wildman–Crippen LogP) is -0.171. The number of ether oxygens (including phenoxy) is 1. The SMILES string of the molecule is CCO[C@@H](CCN)C(=O)N(C)C. The Balaban J connectivity index is 3.99. The summed E-state index contributed by atoms with van der Waals surface area (Å²) in [5.41, 5.74) is 5.35. The number of hydrogen-bond acceptors (Lipinski definition) is 3. The molecule has 4 heteroatoms. The lowest BCUT2D eigenvalue weighted by molar-refractivity contribution is -0.141. The Hall–Kier alpha value is -0.610. The molecule has 0 bridgehead atoms. The third-order valence-corrected chi connectivity index (χ3v) is 1.51. The van der Waals surface area contributed by atoms with Gasteiger partial charge < -0.3 is 15.4 Å². The summed E-state index contributed by atoms with van der Waals surface area (Å²) < 4.78 is 5.23. The summed E-state index contributed by atoms with van der Waals surface area (Å²) in [5.74, 6) is -0.0118. The maximum absolute atomic E-state index is 11.4. The van der Waals surface area contributed by atoms with Crippen LogP contribution in [0.4, 0.5) is 0 Å². The highest BCUT2D eigenvalue weighted by atomic mass is 16.5. The molecule has 0 aromatic carbocycles. The van der Waals surface area contributed by atoms with E-state index in [1.165, 1.54) is 4.90 Å². The number of hydrogen-bond donors (Lipinski definition) is 1. The zero-order valence-corrected chi connectivity index (χ0v) is 8.04. The Morgan fingerprint density at radius 1 is 1.58 bits per heavy atom. The lowest BCUT2D eigenvalue weighted by Gasteiger charge is -2.19. The number of rotatable bonds is 5. The number of carbonyl (C=O) groups excluding carboxylic acids is 1. The first-order chi connectivity index (χ1) is 5.63. The van der Waals surface area contributed by atoms with E-state index < -0.39 is 0 Å². The second-order valence-electron chi connectivity index (χ2n) is 2.75. The summed E-state index contributed by atoms with van der Waals surface area (Å²) in [7, 11) is 3.43. The number of nitrogens with zero attached hydrogens (tertiary/aromatic N) is 1. The van der Waals surface area contributed by atoms with E-state index >= 15 is 0 Å². The molecule has 0 radical (unpaired) electrons. The van der Waals surface area contributed by atoms with Gasteiger partial charge in [0.2, 0.25) is 0 Å². The van der Waals surface area contributed by atoms with Crippen LogP contribution in [0.1, 0.15) is 13.3 Å². The molecular weight excluding hydrogens is 156 g/mol. The Bertz CT molecular complexity index is 131. The molecule has 0 aliphatic rings. The van der Waals surface area contributed by atoms with E-state index in [2.05, 4.69) is 0 Å². The fourth-order valence-electron chi connectivity index (χ4n) is 0.919. The second-order valence-corrected chi connectivity index (χ2v) is 2.75. The highest BCUT2D eigenvalue weighted by Crippen LogP contribution is 2.00. The molecule has 0 unspecified atom stereocenters. The maximum atomic E-state index is 11.4. The molecule has 0 aliphatic heterocycles. The van der Waals surface area contributed by atoms with Gasteiger partial charge in [-0.3, -0.25) is 4.79 Å². The van der Waals surface area contributed by atoms with E-state index in [1.807, 2.05) is 6.92 Å². The molecule has 12 heavy (non-hydrogen) atoms. The Kier molecular flexibility index (Phi) is 5.66. The van der Waals surface area contributed by atoms with Crippen molar-refractivity contribution in [2.24, 2.45) is 5.73 Å². The highest BCUT2D eigenvalue weighted by Gasteiger charge is 2.18. The molecular formula is C8H18N2O2. The van der Waals surface area contributed by atoms with Gasteiger partial charge in [0.15, 0.2) is 0 Å². The summed E-state index contributed by atoms with van der Waals surface area (Å²) in [6.45, 7) is 2.89. The molecule has 0 heterocycles. The van der Waals surface area contributed by atoms with Crippen molar-refractivity contribution in [2.75, 3.05) is 27.2 Å². The van der Waals surface area contributed by atoms with Gasteiger partial charge >= 0.3 is 0 Å². The average Bonchev–Trinajstić information content (AvgIpc) is 2.03. The minimum atomic E-state index is -0.366. The van der Waals surface area contributed by atoms with Gasteiger partial charge in [-0.2, -0.15) is 0 Å². The molecule has 1 amide bonds. The van der Waals surface area contributed by atoms with Crippen LogP contribution in [-0.2, 0) is 9.53 Å². The Morgan fingerprint density at radius 3 is 2.50 bits per heavy atom. The Labute approximate surface area is 73.7 Å². The van der Waals surface area contributed by atoms with Gasteiger partial charge in [0, 0.05) is 20.7 Å². The second kappa shape index (κ2) is 5.97. The molecule has 0 aromatic heterocycles. The number of nitrogens with two attached hydrogens (primary N) is 1. The molecule has 2 N–H and O–H groups in total. The van der Waals surface area contributed by atoms with Gasteiger partial charge in [-0.15, -0.1) is 0 Å². The van der Waals surface area contributed by atoms with Crippen molar-refractivity contribution >= 4 is 5.91 Å². The van der Waals surface area contributed by atoms with Crippen molar-refractivity contribution in [3.63, 3.8) is 0 Å². The van der Waals surface area contributed by atoms with Crippen molar-refractivity contribution in [1.82, 2.24) is 4.90 Å². The third-order valence-electron chi connectivity index (χ3n) is 1.51. The van der Waals surface area contributed by atoms with E-state index in [-0.39, 0.29) is 12.0 Å². The van der Waals surface area contributed by atoms with E-state index in [0.29, 0.717) is 19.6 Å². The molecule has 0 saturated heterocycles. The van der Waals surface area contributed by atoms with Crippen LogP contribution < -0.4 is 5.73 Å². The van der Waals surface area contributed by atoms with E-state index in [1.54, 1.807) is 14.1 Å². The van der Waals surface area contributed by atoms with Crippen LogP contribution in [0, 0.1) is 0 Å². The summed E-state index contributed by atoms with van der Waals surface area (Å²) in [4.78, 5) is 12.9. The minimum absolute atomic E-state index is 0.0118. The Morgan fingerprint density at radius 2 is 2.17 bits per heavy atom. The van der Waals surface area contributed by atoms with Crippen molar-refractivity contribution in [3.05, 3.63) is 0 Å². The minimum Gasteiger partial charge on any atom is -0.369 e. The molecule has 0 fully saturated rings. The van der Waals surface area contributed by atoms with Crippen LogP contribution in [0.3, 0.4) is 0 Å². The zero-order valence-electron chi connectivity index (χ0n) is 8.04. The topological polar surface area (TPSA) is 55.6 Å². The van der Waals surface area contributed by atoms with Gasteiger partial charge in [0.1, 0.15) is 6.10 Å². The van der Waals surface area contributed by atoms with Crippen molar-refractivity contribution in [1.29, 1.82) is 0 Å². The third kappa shape index (κ3) is 3.69. The van der Waals surface area contributed by atoms with Gasteiger partial charge in [-0.25, -0.2) is 0 Å². The molecule has 4 nitrogen and oxygen atoms in total. The normalized spacial score (nSPS) is 12.7.